The van der Waals surface area contributed by atoms with E-state index in [0.29, 0.717) is 5.92 Å². The maximum atomic E-state index is 12.6. The smallest absolute Gasteiger partial charge is 0.244 e. The maximum Gasteiger partial charge on any atom is 0.245 e. The highest BCUT2D eigenvalue weighted by Gasteiger charge is 2.32. The van der Waals surface area contributed by atoms with Crippen molar-refractivity contribution in [2.75, 3.05) is 7.05 Å². The molecule has 1 aromatic heterocycles. The molecule has 1 saturated carbocycles. The molecule has 0 radical (unpaired) electrons. The fourth-order valence-corrected chi connectivity index (χ4v) is 4.15. The lowest BCUT2D eigenvalue weighted by Crippen LogP contribution is -2.39. The molecule has 1 heterocycles. The van der Waals surface area contributed by atoms with Crippen molar-refractivity contribution in [3.63, 3.8) is 0 Å². The normalized spacial score (nSPS) is 23.5. The summed E-state index contributed by atoms with van der Waals surface area (Å²) in [7, 11) is -2.05. The van der Waals surface area contributed by atoms with Crippen LogP contribution in [0, 0.1) is 17.2 Å². The lowest BCUT2D eigenvalue weighted by atomic mass is 9.87. The van der Waals surface area contributed by atoms with E-state index in [0.717, 1.165) is 25.7 Å². The van der Waals surface area contributed by atoms with Crippen LogP contribution in [0.3, 0.4) is 0 Å². The van der Waals surface area contributed by atoms with Gasteiger partial charge in [0.1, 0.15) is 11.0 Å². The summed E-state index contributed by atoms with van der Waals surface area (Å²) in [6.45, 7) is 2.19. The molecule has 0 saturated heterocycles. The number of nitrogens with zero attached hydrogens (tertiary/aromatic N) is 3. The van der Waals surface area contributed by atoms with E-state index in [-0.39, 0.29) is 16.6 Å². The minimum atomic E-state index is -3.65. The Morgan fingerprint density at radius 2 is 2.00 bits per heavy atom. The fraction of sp³-hybridized carbons (Fsp3) is 0.571. The molecule has 0 spiro atoms. The second kappa shape index (κ2) is 5.90. The molecular weight excluding hydrogens is 274 g/mol. The van der Waals surface area contributed by atoms with Crippen LogP contribution in [0.15, 0.2) is 23.2 Å². The molecule has 2 rings (SSSR count). The monoisotopic (exact) mass is 293 g/mol. The van der Waals surface area contributed by atoms with E-state index in [9.17, 15) is 8.42 Å². The first-order chi connectivity index (χ1) is 9.46. The van der Waals surface area contributed by atoms with Crippen molar-refractivity contribution in [2.45, 2.75) is 43.5 Å². The number of sulfonamides is 1. The van der Waals surface area contributed by atoms with Crippen LogP contribution in [-0.4, -0.2) is 30.8 Å². The molecule has 5 nitrogen and oxygen atoms in total. The zero-order valence-corrected chi connectivity index (χ0v) is 12.6. The summed E-state index contributed by atoms with van der Waals surface area (Å²) in [5.74, 6) is 0.662. The highest BCUT2D eigenvalue weighted by molar-refractivity contribution is 7.89. The van der Waals surface area contributed by atoms with E-state index in [4.69, 9.17) is 5.26 Å². The highest BCUT2D eigenvalue weighted by Crippen LogP contribution is 2.29. The number of rotatable bonds is 3. The summed E-state index contributed by atoms with van der Waals surface area (Å²) in [6, 6.07) is 4.86. The van der Waals surface area contributed by atoms with Gasteiger partial charge in [-0.25, -0.2) is 13.4 Å². The Labute approximate surface area is 120 Å². The summed E-state index contributed by atoms with van der Waals surface area (Å²) in [4.78, 5) is 3.84. The van der Waals surface area contributed by atoms with Gasteiger partial charge >= 0.3 is 0 Å². The van der Waals surface area contributed by atoms with Gasteiger partial charge in [0.2, 0.25) is 10.0 Å². The molecule has 0 atom stereocenters. The van der Waals surface area contributed by atoms with Crippen molar-refractivity contribution in [2.24, 2.45) is 5.92 Å². The maximum absolute atomic E-state index is 12.6. The van der Waals surface area contributed by atoms with Crippen molar-refractivity contribution in [3.8, 4) is 6.07 Å². The van der Waals surface area contributed by atoms with Gasteiger partial charge in [-0.05, 0) is 43.7 Å². The minimum Gasteiger partial charge on any atom is -0.244 e. The van der Waals surface area contributed by atoms with Crippen LogP contribution in [0.4, 0.5) is 0 Å². The van der Waals surface area contributed by atoms with Crippen molar-refractivity contribution in [1.82, 2.24) is 9.29 Å². The summed E-state index contributed by atoms with van der Waals surface area (Å²) < 4.78 is 26.7. The van der Waals surface area contributed by atoms with Gasteiger partial charge < -0.3 is 0 Å². The van der Waals surface area contributed by atoms with Crippen LogP contribution in [-0.2, 0) is 10.0 Å². The first-order valence-corrected chi connectivity index (χ1v) is 8.24. The predicted octanol–water partition coefficient (Wildman–Crippen LogP) is 2.15. The minimum absolute atomic E-state index is 0.00335. The van der Waals surface area contributed by atoms with Crippen molar-refractivity contribution in [1.29, 1.82) is 5.26 Å². The van der Waals surface area contributed by atoms with E-state index in [1.165, 1.54) is 16.6 Å². The topological polar surface area (TPSA) is 74.1 Å². The van der Waals surface area contributed by atoms with Gasteiger partial charge in [0.15, 0.2) is 5.69 Å². The molecule has 0 aliphatic heterocycles. The summed E-state index contributed by atoms with van der Waals surface area (Å²) in [6.07, 6.45) is 5.27. The van der Waals surface area contributed by atoms with Crippen molar-refractivity contribution in [3.05, 3.63) is 24.0 Å². The molecule has 1 fully saturated rings. The number of hydrogen-bond donors (Lipinski definition) is 0. The van der Waals surface area contributed by atoms with Crippen LogP contribution in [0.5, 0.6) is 0 Å². The van der Waals surface area contributed by atoms with E-state index >= 15 is 0 Å². The Morgan fingerprint density at radius 1 is 1.35 bits per heavy atom. The third-order valence-electron chi connectivity index (χ3n) is 4.03. The number of pyridine rings is 1. The standard InChI is InChI=1S/C14H19N3O2S/c1-11-5-7-12(8-6-11)17(2)20(18,19)14-4-3-9-16-13(14)10-15/h3-4,9,11-12H,5-8H2,1-2H3. The van der Waals surface area contributed by atoms with Crippen molar-refractivity contribution >= 4 is 10.0 Å². The van der Waals surface area contributed by atoms with Gasteiger partial charge in [0, 0.05) is 19.3 Å². The van der Waals surface area contributed by atoms with E-state index in [1.807, 2.05) is 6.07 Å². The fourth-order valence-electron chi connectivity index (χ4n) is 2.64. The molecule has 0 bridgehead atoms. The third-order valence-corrected chi connectivity index (χ3v) is 5.97. The SMILES string of the molecule is CC1CCC(N(C)S(=O)(=O)c2cccnc2C#N)CC1. The third kappa shape index (κ3) is 2.84. The largest absolute Gasteiger partial charge is 0.245 e. The molecular formula is C14H19N3O2S. The number of hydrogen-bond acceptors (Lipinski definition) is 4. The first kappa shape index (κ1) is 14.9. The predicted molar refractivity (Wildman–Crippen MR) is 75.3 cm³/mol. The van der Waals surface area contributed by atoms with Crippen LogP contribution in [0.2, 0.25) is 0 Å². The summed E-state index contributed by atoms with van der Waals surface area (Å²) in [5, 5.41) is 9.01. The quantitative estimate of drug-likeness (QED) is 0.856. The molecule has 108 valence electrons. The molecule has 1 aliphatic carbocycles. The van der Waals surface area contributed by atoms with Crippen molar-refractivity contribution < 1.29 is 8.42 Å². The lowest BCUT2D eigenvalue weighted by Gasteiger charge is -2.32. The molecule has 1 aromatic rings. The average molecular weight is 293 g/mol. The lowest BCUT2D eigenvalue weighted by molar-refractivity contribution is 0.246. The Balaban J connectivity index is 2.28. The summed E-state index contributed by atoms with van der Waals surface area (Å²) >= 11 is 0. The molecule has 0 N–H and O–H groups in total. The van der Waals surface area contributed by atoms with E-state index in [1.54, 1.807) is 13.1 Å². The zero-order chi connectivity index (χ0) is 14.8. The van der Waals surface area contributed by atoms with Gasteiger partial charge in [-0.2, -0.15) is 9.57 Å². The van der Waals surface area contributed by atoms with Crippen LogP contribution in [0.1, 0.15) is 38.3 Å². The van der Waals surface area contributed by atoms with Crippen LogP contribution >= 0.6 is 0 Å². The molecule has 20 heavy (non-hydrogen) atoms. The number of aromatic nitrogens is 1. The first-order valence-electron chi connectivity index (χ1n) is 6.80. The molecule has 0 unspecified atom stereocenters. The van der Waals surface area contributed by atoms with Gasteiger partial charge in [0.05, 0.1) is 0 Å². The zero-order valence-electron chi connectivity index (χ0n) is 11.8. The highest BCUT2D eigenvalue weighted by atomic mass is 32.2. The Morgan fingerprint density at radius 3 is 2.60 bits per heavy atom. The molecule has 0 aromatic carbocycles. The van der Waals surface area contributed by atoms with Gasteiger partial charge in [-0.15, -0.1) is 0 Å². The molecule has 0 amide bonds. The molecule has 1 aliphatic rings. The van der Waals surface area contributed by atoms with Crippen LogP contribution in [0.25, 0.3) is 0 Å². The second-order valence-corrected chi connectivity index (χ2v) is 7.36. The Bertz CT molecular complexity index is 614. The van der Waals surface area contributed by atoms with Gasteiger partial charge in [0.25, 0.3) is 0 Å². The van der Waals surface area contributed by atoms with Gasteiger partial charge in [-0.3, -0.25) is 0 Å². The Kier molecular flexibility index (Phi) is 4.41. The second-order valence-electron chi connectivity index (χ2n) is 5.40. The average Bonchev–Trinajstić information content (AvgIpc) is 2.47. The van der Waals surface area contributed by atoms with Gasteiger partial charge in [-0.1, -0.05) is 6.92 Å². The summed E-state index contributed by atoms with van der Waals surface area (Å²) in [5.41, 5.74) is -0.0384. The molecule has 6 heteroatoms. The Hall–Kier alpha value is -1.45. The van der Waals surface area contributed by atoms with E-state index < -0.39 is 10.0 Å². The van der Waals surface area contributed by atoms with Crippen LogP contribution < -0.4 is 0 Å². The van der Waals surface area contributed by atoms with E-state index in [2.05, 4.69) is 11.9 Å². The number of nitriles is 1.